The van der Waals surface area contributed by atoms with Crippen LogP contribution in [0, 0.1) is 11.8 Å². The van der Waals surface area contributed by atoms with Crippen LogP contribution in [-0.4, -0.2) is 6.04 Å². The van der Waals surface area contributed by atoms with Crippen LogP contribution in [0.4, 0.5) is 0 Å². The average molecular weight is 127 g/mol. The van der Waals surface area contributed by atoms with Gasteiger partial charge in [0, 0.05) is 6.04 Å². The molecule has 1 aliphatic carbocycles. The van der Waals surface area contributed by atoms with Crippen molar-refractivity contribution < 1.29 is 0 Å². The third kappa shape index (κ3) is 1.45. The zero-order valence-electron chi connectivity index (χ0n) is 6.43. The fourth-order valence-corrected chi connectivity index (χ4v) is 1.39. The van der Waals surface area contributed by atoms with Gasteiger partial charge in [-0.15, -0.1) is 0 Å². The maximum Gasteiger partial charge on any atom is 0.00387 e. The summed E-state index contributed by atoms with van der Waals surface area (Å²) in [5.74, 6) is 1.70. The van der Waals surface area contributed by atoms with E-state index in [1.807, 2.05) is 0 Å². The Balaban J connectivity index is 2.23. The van der Waals surface area contributed by atoms with Gasteiger partial charge in [-0.25, -0.2) is 0 Å². The summed E-state index contributed by atoms with van der Waals surface area (Å²) in [4.78, 5) is 0. The maximum absolute atomic E-state index is 5.75. The summed E-state index contributed by atoms with van der Waals surface area (Å²) in [5, 5.41) is 0. The Morgan fingerprint density at radius 1 is 1.33 bits per heavy atom. The molecular formula is C8H17N. The lowest BCUT2D eigenvalue weighted by atomic mass is 9.74. The summed E-state index contributed by atoms with van der Waals surface area (Å²) >= 11 is 0. The smallest absolute Gasteiger partial charge is 0.00387 e. The Kier molecular flexibility index (Phi) is 2.12. The van der Waals surface area contributed by atoms with Crippen LogP contribution in [0.2, 0.25) is 0 Å². The van der Waals surface area contributed by atoms with Crippen molar-refractivity contribution in [2.24, 2.45) is 17.6 Å². The van der Waals surface area contributed by atoms with Crippen LogP contribution in [0.1, 0.15) is 33.1 Å². The molecule has 0 radical (unpaired) electrons. The highest BCUT2D eigenvalue weighted by Crippen LogP contribution is 2.34. The largest absolute Gasteiger partial charge is 0.328 e. The van der Waals surface area contributed by atoms with Crippen molar-refractivity contribution in [2.45, 2.75) is 39.2 Å². The van der Waals surface area contributed by atoms with Crippen LogP contribution < -0.4 is 5.73 Å². The van der Waals surface area contributed by atoms with Crippen LogP contribution in [0.3, 0.4) is 0 Å². The van der Waals surface area contributed by atoms with E-state index >= 15 is 0 Å². The fraction of sp³-hybridized carbons (Fsp3) is 1.00. The lowest BCUT2D eigenvalue weighted by Gasteiger charge is -2.33. The van der Waals surface area contributed by atoms with Crippen LogP contribution in [0.25, 0.3) is 0 Å². The molecule has 1 rings (SSSR count). The third-order valence-electron chi connectivity index (χ3n) is 2.72. The molecule has 0 aliphatic heterocycles. The van der Waals surface area contributed by atoms with Gasteiger partial charge >= 0.3 is 0 Å². The normalized spacial score (nSPS) is 27.0. The lowest BCUT2D eigenvalue weighted by Crippen LogP contribution is -2.33. The Morgan fingerprint density at radius 3 is 2.00 bits per heavy atom. The molecule has 0 aromatic heterocycles. The van der Waals surface area contributed by atoms with E-state index in [4.69, 9.17) is 5.73 Å². The van der Waals surface area contributed by atoms with Gasteiger partial charge < -0.3 is 5.73 Å². The van der Waals surface area contributed by atoms with Gasteiger partial charge in [0.2, 0.25) is 0 Å². The van der Waals surface area contributed by atoms with Gasteiger partial charge in [-0.3, -0.25) is 0 Å². The molecule has 2 N–H and O–H groups in total. The standard InChI is InChI=1S/C8H17N/c1-6(7(2)9)8-4-3-5-8/h6-8H,3-5,9H2,1-2H3. The highest BCUT2D eigenvalue weighted by atomic mass is 14.6. The summed E-state index contributed by atoms with van der Waals surface area (Å²) < 4.78 is 0. The molecular weight excluding hydrogens is 110 g/mol. The maximum atomic E-state index is 5.75. The minimum atomic E-state index is 0.398. The molecule has 1 nitrogen and oxygen atoms in total. The molecule has 2 atom stereocenters. The molecule has 0 aromatic carbocycles. The van der Waals surface area contributed by atoms with E-state index in [2.05, 4.69) is 13.8 Å². The van der Waals surface area contributed by atoms with E-state index in [1.54, 1.807) is 0 Å². The second-order valence-electron chi connectivity index (χ2n) is 3.41. The average Bonchev–Trinajstić information content (AvgIpc) is 1.60. The summed E-state index contributed by atoms with van der Waals surface area (Å²) in [7, 11) is 0. The van der Waals surface area contributed by atoms with E-state index in [0.29, 0.717) is 6.04 Å². The summed E-state index contributed by atoms with van der Waals surface area (Å²) in [6.07, 6.45) is 4.27. The van der Waals surface area contributed by atoms with Crippen molar-refractivity contribution in [1.82, 2.24) is 0 Å². The molecule has 2 unspecified atom stereocenters. The van der Waals surface area contributed by atoms with Gasteiger partial charge in [-0.1, -0.05) is 26.2 Å². The van der Waals surface area contributed by atoms with Gasteiger partial charge in [0.15, 0.2) is 0 Å². The second kappa shape index (κ2) is 2.70. The molecule has 1 heteroatoms. The van der Waals surface area contributed by atoms with Gasteiger partial charge in [0.25, 0.3) is 0 Å². The second-order valence-corrected chi connectivity index (χ2v) is 3.41. The third-order valence-corrected chi connectivity index (χ3v) is 2.72. The summed E-state index contributed by atoms with van der Waals surface area (Å²) in [6.45, 7) is 4.39. The topological polar surface area (TPSA) is 26.0 Å². The number of hydrogen-bond donors (Lipinski definition) is 1. The monoisotopic (exact) mass is 127 g/mol. The summed E-state index contributed by atoms with van der Waals surface area (Å²) in [5.41, 5.74) is 5.75. The highest BCUT2D eigenvalue weighted by Gasteiger charge is 2.25. The quantitative estimate of drug-likeness (QED) is 0.601. The lowest BCUT2D eigenvalue weighted by molar-refractivity contribution is 0.199. The van der Waals surface area contributed by atoms with Crippen LogP contribution >= 0.6 is 0 Å². The van der Waals surface area contributed by atoms with Crippen molar-refractivity contribution in [3.05, 3.63) is 0 Å². The molecule has 0 heterocycles. The van der Waals surface area contributed by atoms with Crippen LogP contribution in [0.15, 0.2) is 0 Å². The Hall–Kier alpha value is -0.0400. The molecule has 0 bridgehead atoms. The first-order valence-electron chi connectivity index (χ1n) is 3.97. The molecule has 0 saturated heterocycles. The highest BCUT2D eigenvalue weighted by molar-refractivity contribution is 4.79. The number of hydrogen-bond acceptors (Lipinski definition) is 1. The van der Waals surface area contributed by atoms with Gasteiger partial charge in [-0.2, -0.15) is 0 Å². The molecule has 0 aromatic rings. The fourth-order valence-electron chi connectivity index (χ4n) is 1.39. The Morgan fingerprint density at radius 2 is 1.89 bits per heavy atom. The number of rotatable bonds is 2. The molecule has 1 fully saturated rings. The van der Waals surface area contributed by atoms with Crippen LogP contribution in [0.5, 0.6) is 0 Å². The Labute approximate surface area is 57.6 Å². The minimum absolute atomic E-state index is 0.398. The predicted octanol–water partition coefficient (Wildman–Crippen LogP) is 1.77. The van der Waals surface area contributed by atoms with E-state index in [9.17, 15) is 0 Å². The van der Waals surface area contributed by atoms with E-state index in [0.717, 1.165) is 11.8 Å². The zero-order valence-corrected chi connectivity index (χ0v) is 6.43. The van der Waals surface area contributed by atoms with Gasteiger partial charge in [-0.05, 0) is 18.8 Å². The summed E-state index contributed by atoms with van der Waals surface area (Å²) in [6, 6.07) is 0.398. The van der Waals surface area contributed by atoms with Crippen molar-refractivity contribution in [3.63, 3.8) is 0 Å². The van der Waals surface area contributed by atoms with Crippen LogP contribution in [-0.2, 0) is 0 Å². The first kappa shape index (κ1) is 7.07. The molecule has 1 saturated carbocycles. The van der Waals surface area contributed by atoms with E-state index in [1.165, 1.54) is 19.3 Å². The van der Waals surface area contributed by atoms with Crippen molar-refractivity contribution in [3.8, 4) is 0 Å². The Bertz CT molecular complexity index is 84.6. The van der Waals surface area contributed by atoms with Gasteiger partial charge in [0.05, 0.1) is 0 Å². The molecule has 9 heavy (non-hydrogen) atoms. The zero-order chi connectivity index (χ0) is 6.85. The molecule has 1 aliphatic rings. The SMILES string of the molecule is CC(N)C(C)C1CCC1. The van der Waals surface area contributed by atoms with E-state index in [-0.39, 0.29) is 0 Å². The molecule has 0 spiro atoms. The molecule has 0 amide bonds. The first-order chi connectivity index (χ1) is 4.22. The minimum Gasteiger partial charge on any atom is -0.328 e. The van der Waals surface area contributed by atoms with Gasteiger partial charge in [0.1, 0.15) is 0 Å². The van der Waals surface area contributed by atoms with Crippen molar-refractivity contribution in [2.75, 3.05) is 0 Å². The van der Waals surface area contributed by atoms with Crippen molar-refractivity contribution in [1.29, 1.82) is 0 Å². The van der Waals surface area contributed by atoms with E-state index < -0.39 is 0 Å². The first-order valence-corrected chi connectivity index (χ1v) is 3.97. The molecule has 54 valence electrons. The van der Waals surface area contributed by atoms with Crippen molar-refractivity contribution >= 4 is 0 Å². The predicted molar refractivity (Wildman–Crippen MR) is 40.2 cm³/mol. The number of nitrogens with two attached hydrogens (primary N) is 1.